The van der Waals surface area contributed by atoms with Gasteiger partial charge in [0.05, 0.1) is 12.4 Å². The van der Waals surface area contributed by atoms with E-state index >= 15 is 0 Å². The Morgan fingerprint density at radius 3 is 2.67 bits per heavy atom. The molecular weight excluding hydrogens is 296 g/mol. The molecule has 0 atom stereocenters. The van der Waals surface area contributed by atoms with E-state index in [0.29, 0.717) is 11.5 Å². The fourth-order valence-corrected chi connectivity index (χ4v) is 2.68. The topological polar surface area (TPSA) is 116 Å². The normalized spacial score (nSPS) is 13.3. The van der Waals surface area contributed by atoms with Gasteiger partial charge in [0.25, 0.3) is 0 Å². The molecule has 0 unspecified atom stereocenters. The van der Waals surface area contributed by atoms with E-state index in [1.54, 1.807) is 18.2 Å². The van der Waals surface area contributed by atoms with Crippen LogP contribution in [0.3, 0.4) is 0 Å². The second-order valence-corrected chi connectivity index (χ2v) is 6.06. The molecule has 1 aromatic heterocycles. The second-order valence-electron chi connectivity index (χ2n) is 4.29. The van der Waals surface area contributed by atoms with Gasteiger partial charge in [-0.05, 0) is 17.7 Å². The number of nitrogens with zero attached hydrogens (tertiary/aromatic N) is 2. The smallest absolute Gasteiger partial charge is 0.243 e. The summed E-state index contributed by atoms with van der Waals surface area (Å²) < 4.78 is 37.0. The lowest BCUT2D eigenvalue weighted by Gasteiger charge is -2.07. The summed E-state index contributed by atoms with van der Waals surface area (Å²) in [6, 6.07) is 5.22. The van der Waals surface area contributed by atoms with E-state index < -0.39 is 10.0 Å². The van der Waals surface area contributed by atoms with E-state index in [9.17, 15) is 8.42 Å². The summed E-state index contributed by atoms with van der Waals surface area (Å²) in [6.07, 6.45) is 2.31. The van der Waals surface area contributed by atoms with Crippen molar-refractivity contribution in [2.75, 3.05) is 12.5 Å². The molecule has 0 aliphatic carbocycles. The van der Waals surface area contributed by atoms with E-state index in [-0.39, 0.29) is 24.2 Å². The molecule has 2 heterocycles. The zero-order valence-corrected chi connectivity index (χ0v) is 11.6. The summed E-state index contributed by atoms with van der Waals surface area (Å²) in [5, 5.41) is 0. The van der Waals surface area contributed by atoms with Gasteiger partial charge in [-0.1, -0.05) is 6.07 Å². The molecule has 0 fully saturated rings. The van der Waals surface area contributed by atoms with Gasteiger partial charge in [0.15, 0.2) is 11.5 Å². The van der Waals surface area contributed by atoms with Gasteiger partial charge in [-0.3, -0.25) is 0 Å². The van der Waals surface area contributed by atoms with Crippen LogP contribution in [0, 0.1) is 0 Å². The molecule has 9 heteroatoms. The third-order valence-electron chi connectivity index (χ3n) is 2.86. The number of nitrogens with two attached hydrogens (primary N) is 1. The largest absolute Gasteiger partial charge is 0.454 e. The minimum absolute atomic E-state index is 0.0183. The number of nitrogens with one attached hydrogen (secondary N) is 1. The lowest BCUT2D eigenvalue weighted by Crippen LogP contribution is -2.23. The molecule has 8 nitrogen and oxygen atoms in total. The number of nitrogen functional groups attached to an aromatic ring is 1. The summed E-state index contributed by atoms with van der Waals surface area (Å²) in [7, 11) is -3.69. The van der Waals surface area contributed by atoms with Crippen LogP contribution >= 0.6 is 0 Å². The number of hydrogen-bond donors (Lipinski definition) is 2. The Balaban J connectivity index is 1.73. The first-order valence-corrected chi connectivity index (χ1v) is 7.49. The van der Waals surface area contributed by atoms with Crippen molar-refractivity contribution >= 4 is 16.0 Å². The van der Waals surface area contributed by atoms with Gasteiger partial charge in [-0.15, -0.1) is 0 Å². The first-order chi connectivity index (χ1) is 10.0. The standard InChI is InChI=1S/C12H12N4O4S/c13-12-14-5-9(6-15-12)21(17,18)16-4-8-1-2-10-11(3-8)20-7-19-10/h1-3,5-6,16H,4,7H2,(H2,13,14,15). The molecule has 1 aliphatic heterocycles. The van der Waals surface area contributed by atoms with Crippen molar-refractivity contribution in [1.82, 2.24) is 14.7 Å². The molecule has 21 heavy (non-hydrogen) atoms. The Morgan fingerprint density at radius 1 is 1.19 bits per heavy atom. The Hall–Kier alpha value is -2.39. The molecule has 2 aromatic rings. The number of benzene rings is 1. The third-order valence-corrected chi connectivity index (χ3v) is 4.22. The monoisotopic (exact) mass is 308 g/mol. The fraction of sp³-hybridized carbons (Fsp3) is 0.167. The average molecular weight is 308 g/mol. The molecule has 0 amide bonds. The molecule has 0 spiro atoms. The Labute approximate surface area is 121 Å². The zero-order chi connectivity index (χ0) is 14.9. The lowest BCUT2D eigenvalue weighted by molar-refractivity contribution is 0.174. The van der Waals surface area contributed by atoms with Crippen LogP contribution in [0.1, 0.15) is 5.56 Å². The SMILES string of the molecule is Nc1ncc(S(=O)(=O)NCc2ccc3c(c2)OCO3)cn1. The molecule has 0 saturated heterocycles. The second kappa shape index (κ2) is 5.19. The van der Waals surface area contributed by atoms with Crippen molar-refractivity contribution < 1.29 is 17.9 Å². The minimum Gasteiger partial charge on any atom is -0.454 e. The highest BCUT2D eigenvalue weighted by atomic mass is 32.2. The van der Waals surface area contributed by atoms with Gasteiger partial charge >= 0.3 is 0 Å². The molecule has 110 valence electrons. The van der Waals surface area contributed by atoms with Gasteiger partial charge in [-0.25, -0.2) is 23.1 Å². The van der Waals surface area contributed by atoms with E-state index in [0.717, 1.165) is 18.0 Å². The summed E-state index contributed by atoms with van der Waals surface area (Å²) in [4.78, 5) is 7.27. The van der Waals surface area contributed by atoms with E-state index in [1.807, 2.05) is 0 Å². The van der Waals surface area contributed by atoms with Gasteiger partial charge in [-0.2, -0.15) is 0 Å². The quantitative estimate of drug-likeness (QED) is 0.832. The Kier molecular flexibility index (Phi) is 3.35. The van der Waals surface area contributed by atoms with Gasteiger partial charge in [0.2, 0.25) is 22.8 Å². The first kappa shape index (κ1) is 13.6. The van der Waals surface area contributed by atoms with Crippen LogP contribution in [0.5, 0.6) is 11.5 Å². The van der Waals surface area contributed by atoms with Crippen LogP contribution < -0.4 is 19.9 Å². The van der Waals surface area contributed by atoms with Gasteiger partial charge in [0, 0.05) is 6.54 Å². The van der Waals surface area contributed by atoms with Crippen LogP contribution in [-0.2, 0) is 16.6 Å². The Morgan fingerprint density at radius 2 is 1.90 bits per heavy atom. The van der Waals surface area contributed by atoms with Gasteiger partial charge < -0.3 is 15.2 Å². The molecule has 0 radical (unpaired) electrons. The molecule has 1 aromatic carbocycles. The maximum absolute atomic E-state index is 12.1. The molecule has 1 aliphatic rings. The van der Waals surface area contributed by atoms with Gasteiger partial charge in [0.1, 0.15) is 4.90 Å². The van der Waals surface area contributed by atoms with Crippen molar-refractivity contribution in [2.24, 2.45) is 0 Å². The minimum atomic E-state index is -3.69. The number of aromatic nitrogens is 2. The number of hydrogen-bond acceptors (Lipinski definition) is 7. The summed E-state index contributed by atoms with van der Waals surface area (Å²) in [6.45, 7) is 0.288. The molecule has 3 N–H and O–H groups in total. The zero-order valence-electron chi connectivity index (χ0n) is 10.8. The molecule has 0 bridgehead atoms. The summed E-state index contributed by atoms with van der Waals surface area (Å²) >= 11 is 0. The van der Waals surface area contributed by atoms with Crippen LogP contribution in [0.4, 0.5) is 5.95 Å². The number of sulfonamides is 1. The van der Waals surface area contributed by atoms with E-state index in [1.165, 1.54) is 0 Å². The average Bonchev–Trinajstić information content (AvgIpc) is 2.93. The highest BCUT2D eigenvalue weighted by Crippen LogP contribution is 2.32. The first-order valence-electron chi connectivity index (χ1n) is 6.00. The molecule has 3 rings (SSSR count). The predicted octanol–water partition coefficient (Wildman–Crippen LogP) is 0.266. The van der Waals surface area contributed by atoms with Crippen molar-refractivity contribution in [3.63, 3.8) is 0 Å². The van der Waals surface area contributed by atoms with Crippen LogP contribution in [0.15, 0.2) is 35.5 Å². The van der Waals surface area contributed by atoms with E-state index in [2.05, 4.69) is 14.7 Å². The van der Waals surface area contributed by atoms with Crippen molar-refractivity contribution in [2.45, 2.75) is 11.4 Å². The maximum Gasteiger partial charge on any atom is 0.243 e. The third kappa shape index (κ3) is 2.88. The Bertz CT molecular complexity index is 761. The predicted molar refractivity (Wildman–Crippen MR) is 73.0 cm³/mol. The highest BCUT2D eigenvalue weighted by molar-refractivity contribution is 7.89. The molecular formula is C12H12N4O4S. The number of anilines is 1. The van der Waals surface area contributed by atoms with Crippen LogP contribution in [0.2, 0.25) is 0 Å². The van der Waals surface area contributed by atoms with Crippen molar-refractivity contribution in [1.29, 1.82) is 0 Å². The number of fused-ring (bicyclic) bond motifs is 1. The molecule has 0 saturated carbocycles. The van der Waals surface area contributed by atoms with E-state index in [4.69, 9.17) is 15.2 Å². The maximum atomic E-state index is 12.1. The summed E-state index contributed by atoms with van der Waals surface area (Å²) in [5.74, 6) is 1.26. The van der Waals surface area contributed by atoms with Crippen molar-refractivity contribution in [3.8, 4) is 11.5 Å². The highest BCUT2D eigenvalue weighted by Gasteiger charge is 2.17. The summed E-state index contributed by atoms with van der Waals surface area (Å²) in [5.41, 5.74) is 6.07. The van der Waals surface area contributed by atoms with Crippen LogP contribution in [0.25, 0.3) is 0 Å². The lowest BCUT2D eigenvalue weighted by atomic mass is 10.2. The van der Waals surface area contributed by atoms with Crippen LogP contribution in [-0.4, -0.2) is 25.2 Å². The van der Waals surface area contributed by atoms with Crippen molar-refractivity contribution in [3.05, 3.63) is 36.2 Å². The number of rotatable bonds is 4. The fourth-order valence-electron chi connectivity index (χ4n) is 1.78. The number of ether oxygens (including phenoxy) is 2.